The van der Waals surface area contributed by atoms with Gasteiger partial charge in [-0.1, -0.05) is 38.3 Å². The van der Waals surface area contributed by atoms with Gasteiger partial charge < -0.3 is 20.1 Å². The van der Waals surface area contributed by atoms with Crippen molar-refractivity contribution >= 4 is 23.7 Å². The molecule has 0 bridgehead atoms. The number of ketones is 1. The summed E-state index contributed by atoms with van der Waals surface area (Å²) in [7, 11) is 0. The van der Waals surface area contributed by atoms with Gasteiger partial charge in [-0.2, -0.15) is 0 Å². The predicted molar refractivity (Wildman–Crippen MR) is 99.5 cm³/mol. The number of ether oxygens (including phenoxy) is 1. The second-order valence-corrected chi connectivity index (χ2v) is 7.53. The highest BCUT2D eigenvalue weighted by molar-refractivity contribution is 6.14. The fourth-order valence-electron chi connectivity index (χ4n) is 3.65. The Labute approximate surface area is 164 Å². The van der Waals surface area contributed by atoms with Gasteiger partial charge in [0, 0.05) is 5.92 Å². The van der Waals surface area contributed by atoms with Crippen LogP contribution in [0.2, 0.25) is 0 Å². The standard InChI is InChI=1S/C20H30O8/c1-4-6-7-9-19(3,27)10-8-13-11-14(17(23)24)16(22)20(13,18(25)26)12-15(21)28-5-2/h8,10,13-14,27H,4-7,9,11-12H2,1-3H3,(H,23,24)(H,25,26)/b10-8+. The maximum atomic E-state index is 12.7. The van der Waals surface area contributed by atoms with Crippen molar-refractivity contribution in [3.05, 3.63) is 12.2 Å². The average Bonchev–Trinajstić information content (AvgIpc) is 2.87. The Bertz CT molecular complexity index is 636. The highest BCUT2D eigenvalue weighted by atomic mass is 16.5. The van der Waals surface area contributed by atoms with Crippen molar-refractivity contribution in [2.45, 2.75) is 64.9 Å². The first kappa shape index (κ1) is 23.8. The molecule has 0 aromatic rings. The van der Waals surface area contributed by atoms with Gasteiger partial charge in [0.05, 0.1) is 18.6 Å². The smallest absolute Gasteiger partial charge is 0.318 e. The van der Waals surface area contributed by atoms with E-state index in [1.165, 1.54) is 12.2 Å². The molecule has 28 heavy (non-hydrogen) atoms. The van der Waals surface area contributed by atoms with E-state index >= 15 is 0 Å². The maximum absolute atomic E-state index is 12.7. The van der Waals surface area contributed by atoms with Crippen LogP contribution in [0, 0.1) is 17.3 Å². The van der Waals surface area contributed by atoms with Crippen molar-refractivity contribution in [2.75, 3.05) is 6.61 Å². The molecule has 0 aliphatic heterocycles. The molecule has 0 saturated heterocycles. The van der Waals surface area contributed by atoms with E-state index in [0.29, 0.717) is 6.42 Å². The molecule has 1 fully saturated rings. The van der Waals surface area contributed by atoms with Gasteiger partial charge in [-0.3, -0.25) is 19.2 Å². The molecule has 0 aromatic heterocycles. The Hall–Kier alpha value is -2.22. The van der Waals surface area contributed by atoms with Crippen molar-refractivity contribution in [3.8, 4) is 0 Å². The molecule has 0 radical (unpaired) electrons. The molecule has 1 aliphatic carbocycles. The first-order valence-corrected chi connectivity index (χ1v) is 9.59. The van der Waals surface area contributed by atoms with Crippen LogP contribution >= 0.6 is 0 Å². The molecule has 0 amide bonds. The summed E-state index contributed by atoms with van der Waals surface area (Å²) in [6.45, 7) is 5.15. The summed E-state index contributed by atoms with van der Waals surface area (Å²) in [6, 6.07) is 0. The van der Waals surface area contributed by atoms with Gasteiger partial charge in [-0.05, 0) is 26.7 Å². The van der Waals surface area contributed by atoms with E-state index < -0.39 is 53.0 Å². The van der Waals surface area contributed by atoms with E-state index in [4.69, 9.17) is 4.74 Å². The van der Waals surface area contributed by atoms with Crippen LogP contribution < -0.4 is 0 Å². The largest absolute Gasteiger partial charge is 0.481 e. The van der Waals surface area contributed by atoms with Gasteiger partial charge in [0.2, 0.25) is 0 Å². The number of hydrogen-bond acceptors (Lipinski definition) is 6. The fraction of sp³-hybridized carbons (Fsp3) is 0.700. The summed E-state index contributed by atoms with van der Waals surface area (Å²) in [5, 5.41) is 29.6. The molecule has 0 aromatic carbocycles. The van der Waals surface area contributed by atoms with Crippen LogP contribution in [0.15, 0.2) is 12.2 Å². The molecule has 0 heterocycles. The molecule has 0 spiro atoms. The highest BCUT2D eigenvalue weighted by Crippen LogP contribution is 2.48. The summed E-state index contributed by atoms with van der Waals surface area (Å²) < 4.78 is 4.81. The first-order chi connectivity index (χ1) is 13.0. The van der Waals surface area contributed by atoms with Crippen LogP contribution in [0.1, 0.15) is 59.3 Å². The van der Waals surface area contributed by atoms with E-state index in [1.54, 1.807) is 13.8 Å². The minimum absolute atomic E-state index is 0.0116. The zero-order valence-corrected chi connectivity index (χ0v) is 16.6. The molecular formula is C20H30O8. The number of carboxylic acids is 2. The molecule has 1 rings (SSSR count). The van der Waals surface area contributed by atoms with E-state index in [2.05, 4.69) is 0 Å². The van der Waals surface area contributed by atoms with Gasteiger partial charge in [0.25, 0.3) is 0 Å². The molecule has 1 aliphatic rings. The number of carbonyl (C=O) groups is 4. The van der Waals surface area contributed by atoms with E-state index in [1.807, 2.05) is 6.92 Å². The molecule has 4 unspecified atom stereocenters. The Morgan fingerprint density at radius 3 is 2.39 bits per heavy atom. The van der Waals surface area contributed by atoms with Crippen LogP contribution in [0.3, 0.4) is 0 Å². The van der Waals surface area contributed by atoms with Crippen molar-refractivity contribution in [1.29, 1.82) is 0 Å². The van der Waals surface area contributed by atoms with Crippen LogP contribution in [0.4, 0.5) is 0 Å². The number of rotatable bonds is 11. The minimum atomic E-state index is -2.22. The van der Waals surface area contributed by atoms with Crippen molar-refractivity contribution in [3.63, 3.8) is 0 Å². The Kier molecular flexibility index (Phi) is 8.35. The number of carbonyl (C=O) groups excluding carboxylic acids is 2. The highest BCUT2D eigenvalue weighted by Gasteiger charge is 2.62. The number of carboxylic acid groups (broad SMARTS) is 2. The molecule has 4 atom stereocenters. The third kappa shape index (κ3) is 5.41. The van der Waals surface area contributed by atoms with Gasteiger partial charge in [-0.15, -0.1) is 0 Å². The normalized spacial score (nSPS) is 26.9. The topological polar surface area (TPSA) is 138 Å². The lowest BCUT2D eigenvalue weighted by Crippen LogP contribution is -2.44. The average molecular weight is 398 g/mol. The minimum Gasteiger partial charge on any atom is -0.481 e. The number of unbranched alkanes of at least 4 members (excludes halogenated alkanes) is 2. The van der Waals surface area contributed by atoms with Gasteiger partial charge >= 0.3 is 17.9 Å². The predicted octanol–water partition coefficient (Wildman–Crippen LogP) is 2.19. The Morgan fingerprint density at radius 1 is 1.25 bits per heavy atom. The van der Waals surface area contributed by atoms with E-state index in [-0.39, 0.29) is 13.0 Å². The Morgan fingerprint density at radius 2 is 1.89 bits per heavy atom. The number of aliphatic hydroxyl groups is 1. The lowest BCUT2D eigenvalue weighted by molar-refractivity contribution is -0.164. The van der Waals surface area contributed by atoms with Crippen molar-refractivity contribution in [2.24, 2.45) is 17.3 Å². The van der Waals surface area contributed by atoms with Crippen molar-refractivity contribution in [1.82, 2.24) is 0 Å². The van der Waals surface area contributed by atoms with Crippen LogP contribution in [-0.4, -0.2) is 51.2 Å². The molecule has 1 saturated carbocycles. The van der Waals surface area contributed by atoms with Crippen molar-refractivity contribution < 1.29 is 39.2 Å². The van der Waals surface area contributed by atoms with E-state index in [0.717, 1.165) is 19.3 Å². The second-order valence-electron chi connectivity index (χ2n) is 7.53. The van der Waals surface area contributed by atoms with Gasteiger partial charge in [-0.25, -0.2) is 0 Å². The zero-order valence-electron chi connectivity index (χ0n) is 16.6. The number of Topliss-reactive ketones (excluding diaryl/α,β-unsaturated/α-hetero) is 1. The molecule has 158 valence electrons. The quantitative estimate of drug-likeness (QED) is 0.208. The summed E-state index contributed by atoms with van der Waals surface area (Å²) in [6.07, 6.45) is 4.90. The lowest BCUT2D eigenvalue weighted by atomic mass is 9.73. The Balaban J connectivity index is 3.24. The van der Waals surface area contributed by atoms with Gasteiger partial charge in [0.15, 0.2) is 5.78 Å². The molecule has 3 N–H and O–H groups in total. The third-order valence-corrected chi connectivity index (χ3v) is 5.26. The third-order valence-electron chi connectivity index (χ3n) is 5.26. The summed E-state index contributed by atoms with van der Waals surface area (Å²) in [5.41, 5.74) is -3.45. The number of aliphatic carboxylic acids is 2. The summed E-state index contributed by atoms with van der Waals surface area (Å²) >= 11 is 0. The van der Waals surface area contributed by atoms with E-state index in [9.17, 15) is 34.5 Å². The maximum Gasteiger partial charge on any atom is 0.318 e. The van der Waals surface area contributed by atoms with Crippen LogP contribution in [0.5, 0.6) is 0 Å². The SMILES string of the molecule is CCCCCC(C)(O)/C=C/C1CC(C(=O)O)C(=O)C1(CC(=O)OCC)C(=O)O. The summed E-state index contributed by atoms with van der Waals surface area (Å²) in [4.78, 5) is 48.2. The van der Waals surface area contributed by atoms with Crippen LogP contribution in [0.25, 0.3) is 0 Å². The fourth-order valence-corrected chi connectivity index (χ4v) is 3.65. The number of hydrogen-bond donors (Lipinski definition) is 3. The molecular weight excluding hydrogens is 368 g/mol. The molecule has 8 nitrogen and oxygen atoms in total. The zero-order chi connectivity index (χ0) is 21.5. The lowest BCUT2D eigenvalue weighted by Gasteiger charge is -2.28. The summed E-state index contributed by atoms with van der Waals surface area (Å²) in [5.74, 6) is -7.44. The second kappa shape index (κ2) is 9.82. The number of esters is 1. The number of allylic oxidation sites excluding steroid dienone is 1. The molecule has 8 heteroatoms. The van der Waals surface area contributed by atoms with Crippen LogP contribution in [-0.2, 0) is 23.9 Å². The monoisotopic (exact) mass is 398 g/mol. The van der Waals surface area contributed by atoms with Gasteiger partial charge in [0.1, 0.15) is 11.3 Å². The first-order valence-electron chi connectivity index (χ1n) is 9.59.